The van der Waals surface area contributed by atoms with E-state index in [2.05, 4.69) is 30.4 Å². The summed E-state index contributed by atoms with van der Waals surface area (Å²) in [4.78, 5) is 0. The zero-order valence-electron chi connectivity index (χ0n) is 10.6. The zero-order chi connectivity index (χ0) is 12.3. The third-order valence-electron chi connectivity index (χ3n) is 3.54. The standard InChI is InChI=1S/C15H20ClN/c1-11-8-9-13(16)10-14(11)15(17-2)12-6-4-3-5-7-12/h6,8-10,15,17H,3-5,7H2,1-2H3. The van der Waals surface area contributed by atoms with Gasteiger partial charge in [-0.3, -0.25) is 0 Å². The molecule has 1 aromatic carbocycles. The van der Waals surface area contributed by atoms with Gasteiger partial charge in [-0.05, 0) is 62.9 Å². The van der Waals surface area contributed by atoms with Gasteiger partial charge in [-0.15, -0.1) is 0 Å². The van der Waals surface area contributed by atoms with Gasteiger partial charge in [0.15, 0.2) is 0 Å². The van der Waals surface area contributed by atoms with E-state index in [0.29, 0.717) is 6.04 Å². The normalized spacial score (nSPS) is 17.7. The maximum absolute atomic E-state index is 6.11. The van der Waals surface area contributed by atoms with E-state index in [9.17, 15) is 0 Å². The highest BCUT2D eigenvalue weighted by Gasteiger charge is 2.18. The molecule has 0 spiro atoms. The van der Waals surface area contributed by atoms with E-state index in [1.807, 2.05) is 13.1 Å². The number of halogens is 1. The van der Waals surface area contributed by atoms with Crippen LogP contribution in [0.4, 0.5) is 0 Å². The van der Waals surface area contributed by atoms with Crippen LogP contribution in [0.3, 0.4) is 0 Å². The molecule has 0 aromatic heterocycles. The molecule has 1 aromatic rings. The minimum absolute atomic E-state index is 0.328. The smallest absolute Gasteiger partial charge is 0.0536 e. The van der Waals surface area contributed by atoms with Crippen molar-refractivity contribution in [2.75, 3.05) is 7.05 Å². The molecule has 0 fully saturated rings. The number of allylic oxidation sites excluding steroid dienone is 1. The number of rotatable bonds is 3. The van der Waals surface area contributed by atoms with Crippen molar-refractivity contribution < 1.29 is 0 Å². The van der Waals surface area contributed by atoms with E-state index in [1.54, 1.807) is 0 Å². The Labute approximate surface area is 109 Å². The average Bonchev–Trinajstić information content (AvgIpc) is 2.36. The van der Waals surface area contributed by atoms with Crippen molar-refractivity contribution in [1.82, 2.24) is 5.32 Å². The topological polar surface area (TPSA) is 12.0 Å². The van der Waals surface area contributed by atoms with Gasteiger partial charge in [-0.2, -0.15) is 0 Å². The van der Waals surface area contributed by atoms with Gasteiger partial charge in [0.25, 0.3) is 0 Å². The number of nitrogens with one attached hydrogen (secondary N) is 1. The molecule has 1 atom stereocenters. The van der Waals surface area contributed by atoms with Crippen molar-refractivity contribution in [3.63, 3.8) is 0 Å². The largest absolute Gasteiger partial charge is 0.310 e. The Morgan fingerprint density at radius 3 is 2.76 bits per heavy atom. The predicted molar refractivity (Wildman–Crippen MR) is 74.5 cm³/mol. The van der Waals surface area contributed by atoms with Crippen LogP contribution in [0.25, 0.3) is 0 Å². The lowest BCUT2D eigenvalue weighted by Gasteiger charge is -2.25. The molecular formula is C15H20ClN. The maximum atomic E-state index is 6.11. The van der Waals surface area contributed by atoms with E-state index >= 15 is 0 Å². The van der Waals surface area contributed by atoms with Crippen LogP contribution < -0.4 is 5.32 Å². The summed E-state index contributed by atoms with van der Waals surface area (Å²) in [6.45, 7) is 2.15. The Kier molecular flexibility index (Phi) is 4.25. The lowest BCUT2D eigenvalue weighted by Crippen LogP contribution is -2.20. The number of hydrogen-bond donors (Lipinski definition) is 1. The molecule has 1 N–H and O–H groups in total. The fourth-order valence-electron chi connectivity index (χ4n) is 2.59. The van der Waals surface area contributed by atoms with Crippen molar-refractivity contribution in [2.24, 2.45) is 0 Å². The van der Waals surface area contributed by atoms with Gasteiger partial charge >= 0.3 is 0 Å². The van der Waals surface area contributed by atoms with Gasteiger partial charge in [-0.25, -0.2) is 0 Å². The van der Waals surface area contributed by atoms with Gasteiger partial charge in [0, 0.05) is 5.02 Å². The molecule has 0 aliphatic heterocycles. The molecule has 0 bridgehead atoms. The summed E-state index contributed by atoms with van der Waals surface area (Å²) in [6.07, 6.45) is 7.45. The first kappa shape index (κ1) is 12.7. The fourth-order valence-corrected chi connectivity index (χ4v) is 2.77. The van der Waals surface area contributed by atoms with Crippen LogP contribution in [-0.4, -0.2) is 7.05 Å². The Balaban J connectivity index is 2.34. The first-order valence-corrected chi connectivity index (χ1v) is 6.72. The molecule has 0 radical (unpaired) electrons. The predicted octanol–water partition coefficient (Wildman–Crippen LogP) is 4.41. The summed E-state index contributed by atoms with van der Waals surface area (Å²) in [7, 11) is 2.03. The second-order valence-electron chi connectivity index (χ2n) is 4.75. The summed E-state index contributed by atoms with van der Waals surface area (Å²) in [5.74, 6) is 0. The summed E-state index contributed by atoms with van der Waals surface area (Å²) < 4.78 is 0. The van der Waals surface area contributed by atoms with E-state index in [-0.39, 0.29) is 0 Å². The van der Waals surface area contributed by atoms with E-state index < -0.39 is 0 Å². The fraction of sp³-hybridized carbons (Fsp3) is 0.467. The van der Waals surface area contributed by atoms with Crippen molar-refractivity contribution in [1.29, 1.82) is 0 Å². The highest BCUT2D eigenvalue weighted by Crippen LogP contribution is 2.32. The van der Waals surface area contributed by atoms with Crippen molar-refractivity contribution in [3.8, 4) is 0 Å². The third-order valence-corrected chi connectivity index (χ3v) is 3.77. The van der Waals surface area contributed by atoms with Gasteiger partial charge in [0.2, 0.25) is 0 Å². The molecule has 1 nitrogen and oxygen atoms in total. The van der Waals surface area contributed by atoms with Crippen LogP contribution in [0, 0.1) is 6.92 Å². The molecule has 0 saturated carbocycles. The Morgan fingerprint density at radius 1 is 1.29 bits per heavy atom. The number of benzene rings is 1. The molecule has 0 saturated heterocycles. The molecule has 2 heteroatoms. The number of likely N-dealkylation sites (N-methyl/N-ethyl adjacent to an activating group) is 1. The zero-order valence-corrected chi connectivity index (χ0v) is 11.3. The first-order valence-electron chi connectivity index (χ1n) is 6.34. The Morgan fingerprint density at radius 2 is 2.12 bits per heavy atom. The van der Waals surface area contributed by atoms with Crippen LogP contribution in [0.1, 0.15) is 42.9 Å². The molecular weight excluding hydrogens is 230 g/mol. The quantitative estimate of drug-likeness (QED) is 0.783. The second kappa shape index (κ2) is 5.70. The lowest BCUT2D eigenvalue weighted by atomic mass is 9.88. The van der Waals surface area contributed by atoms with Crippen molar-refractivity contribution in [2.45, 2.75) is 38.6 Å². The Bertz CT molecular complexity index is 423. The van der Waals surface area contributed by atoms with Crippen LogP contribution in [0.15, 0.2) is 29.8 Å². The summed E-state index contributed by atoms with van der Waals surface area (Å²) >= 11 is 6.11. The average molecular weight is 250 g/mol. The van der Waals surface area contributed by atoms with E-state index in [0.717, 1.165) is 5.02 Å². The SMILES string of the molecule is CNC(C1=CCCCC1)c1cc(Cl)ccc1C. The highest BCUT2D eigenvalue weighted by atomic mass is 35.5. The van der Waals surface area contributed by atoms with Gasteiger partial charge in [0.05, 0.1) is 6.04 Å². The van der Waals surface area contributed by atoms with Crippen LogP contribution in [-0.2, 0) is 0 Å². The molecule has 0 heterocycles. The first-order chi connectivity index (χ1) is 8.22. The van der Waals surface area contributed by atoms with E-state index in [4.69, 9.17) is 11.6 Å². The molecule has 1 unspecified atom stereocenters. The van der Waals surface area contributed by atoms with Gasteiger partial charge in [-0.1, -0.05) is 29.3 Å². The van der Waals surface area contributed by atoms with Crippen molar-refractivity contribution >= 4 is 11.6 Å². The summed E-state index contributed by atoms with van der Waals surface area (Å²) in [5, 5.41) is 4.25. The number of aryl methyl sites for hydroxylation is 1. The Hall–Kier alpha value is -0.790. The highest BCUT2D eigenvalue weighted by molar-refractivity contribution is 6.30. The third kappa shape index (κ3) is 2.91. The molecule has 2 rings (SSSR count). The molecule has 92 valence electrons. The van der Waals surface area contributed by atoms with E-state index in [1.165, 1.54) is 42.4 Å². The van der Waals surface area contributed by atoms with Crippen LogP contribution in [0.2, 0.25) is 5.02 Å². The lowest BCUT2D eigenvalue weighted by molar-refractivity contribution is 0.591. The minimum Gasteiger partial charge on any atom is -0.310 e. The second-order valence-corrected chi connectivity index (χ2v) is 5.18. The summed E-state index contributed by atoms with van der Waals surface area (Å²) in [5.41, 5.74) is 4.14. The van der Waals surface area contributed by atoms with Gasteiger partial charge in [0.1, 0.15) is 0 Å². The molecule has 17 heavy (non-hydrogen) atoms. The van der Waals surface area contributed by atoms with Crippen molar-refractivity contribution in [3.05, 3.63) is 46.0 Å². The molecule has 1 aliphatic carbocycles. The van der Waals surface area contributed by atoms with Gasteiger partial charge < -0.3 is 5.32 Å². The monoisotopic (exact) mass is 249 g/mol. The van der Waals surface area contributed by atoms with Crippen LogP contribution >= 0.6 is 11.6 Å². The van der Waals surface area contributed by atoms with Crippen LogP contribution in [0.5, 0.6) is 0 Å². The molecule has 0 amide bonds. The molecule has 1 aliphatic rings. The number of hydrogen-bond acceptors (Lipinski definition) is 1. The minimum atomic E-state index is 0.328. The summed E-state index contributed by atoms with van der Waals surface area (Å²) in [6, 6.07) is 6.48. The maximum Gasteiger partial charge on any atom is 0.0536 e.